The smallest absolute Gasteiger partial charge is 0.352 e. The second-order valence-corrected chi connectivity index (χ2v) is 5.60. The number of terminal acetylenes is 1. The van der Waals surface area contributed by atoms with Gasteiger partial charge in [-0.15, -0.1) is 6.42 Å². The number of halogens is 2. The van der Waals surface area contributed by atoms with E-state index in [-0.39, 0.29) is 26.0 Å². The fourth-order valence-corrected chi connectivity index (χ4v) is 2.35. The van der Waals surface area contributed by atoms with Crippen LogP contribution in [0.2, 0.25) is 0 Å². The molecule has 2 N–H and O–H groups in total. The summed E-state index contributed by atoms with van der Waals surface area (Å²) in [6, 6.07) is 6.99. The van der Waals surface area contributed by atoms with Crippen LogP contribution in [0.3, 0.4) is 0 Å². The minimum absolute atomic E-state index is 0.0491. The number of hydrogen-bond donors (Lipinski definition) is 2. The summed E-state index contributed by atoms with van der Waals surface area (Å²) in [5.41, 5.74) is -1.32. The Bertz CT molecular complexity index is 589. The maximum Gasteiger partial charge on any atom is 0.352 e. The van der Waals surface area contributed by atoms with Crippen molar-refractivity contribution in [3.63, 3.8) is 0 Å². The highest BCUT2D eigenvalue weighted by atomic mass is 19.3. The van der Waals surface area contributed by atoms with Gasteiger partial charge in [0.1, 0.15) is 18.0 Å². The van der Waals surface area contributed by atoms with Crippen LogP contribution in [0.5, 0.6) is 5.75 Å². The molecule has 1 aliphatic carbocycles. The van der Waals surface area contributed by atoms with Crippen LogP contribution in [-0.2, 0) is 11.2 Å². The number of aliphatic hydroxyl groups is 1. The number of carbonyl (C=O) groups excluding carboxylic acids is 1. The molecule has 1 aromatic rings. The van der Waals surface area contributed by atoms with E-state index >= 15 is 0 Å². The first-order valence-corrected chi connectivity index (χ1v) is 7.43. The summed E-state index contributed by atoms with van der Waals surface area (Å²) in [5.74, 6) is -2.20. The molecule has 1 saturated carbocycles. The van der Waals surface area contributed by atoms with Gasteiger partial charge in [-0.1, -0.05) is 18.1 Å². The van der Waals surface area contributed by atoms with Gasteiger partial charge in [0.25, 0.3) is 5.91 Å². The van der Waals surface area contributed by atoms with E-state index in [1.807, 2.05) is 0 Å². The number of rotatable bonds is 7. The van der Waals surface area contributed by atoms with E-state index in [1.165, 1.54) is 0 Å². The highest BCUT2D eigenvalue weighted by molar-refractivity contribution is 5.85. The molecule has 6 heteroatoms. The zero-order valence-corrected chi connectivity index (χ0v) is 12.6. The van der Waals surface area contributed by atoms with Gasteiger partial charge in [-0.25, -0.2) is 0 Å². The highest BCUT2D eigenvalue weighted by Gasteiger charge is 2.60. The molecule has 124 valence electrons. The van der Waals surface area contributed by atoms with Crippen LogP contribution in [0.15, 0.2) is 24.3 Å². The first kappa shape index (κ1) is 17.2. The Balaban J connectivity index is 1.80. The summed E-state index contributed by atoms with van der Waals surface area (Å²) in [5, 5.41) is 11.9. The van der Waals surface area contributed by atoms with Crippen LogP contribution in [0, 0.1) is 12.3 Å². The van der Waals surface area contributed by atoms with Gasteiger partial charge in [-0.2, -0.15) is 8.78 Å². The number of ether oxygens (including phenoxy) is 1. The Kier molecular flexibility index (Phi) is 5.22. The lowest BCUT2D eigenvalue weighted by Crippen LogP contribution is -2.60. The van der Waals surface area contributed by atoms with Crippen LogP contribution in [0.1, 0.15) is 24.8 Å². The molecular weight excluding hydrogens is 304 g/mol. The molecule has 0 saturated heterocycles. The van der Waals surface area contributed by atoms with Gasteiger partial charge in [0.05, 0.1) is 0 Å². The second-order valence-electron chi connectivity index (χ2n) is 5.60. The van der Waals surface area contributed by atoms with Gasteiger partial charge >= 0.3 is 5.92 Å². The number of carbonyl (C=O) groups is 1. The van der Waals surface area contributed by atoms with E-state index in [9.17, 15) is 18.7 Å². The summed E-state index contributed by atoms with van der Waals surface area (Å²) < 4.78 is 32.9. The van der Waals surface area contributed by atoms with E-state index in [4.69, 9.17) is 11.2 Å². The zero-order chi connectivity index (χ0) is 16.9. The SMILES string of the molecule is C#CCOc1ccc(CCNC(=O)C(F)(F)C2(O)CCC2)cc1. The van der Waals surface area contributed by atoms with Crippen LogP contribution in [-0.4, -0.2) is 35.7 Å². The van der Waals surface area contributed by atoms with E-state index in [2.05, 4.69) is 11.2 Å². The zero-order valence-electron chi connectivity index (χ0n) is 12.6. The van der Waals surface area contributed by atoms with Gasteiger partial charge < -0.3 is 15.2 Å². The third kappa shape index (κ3) is 3.80. The summed E-state index contributed by atoms with van der Waals surface area (Å²) in [4.78, 5) is 11.6. The molecule has 1 fully saturated rings. The second kappa shape index (κ2) is 6.97. The predicted molar refractivity (Wildman–Crippen MR) is 81.2 cm³/mol. The van der Waals surface area contributed by atoms with E-state index in [1.54, 1.807) is 24.3 Å². The molecule has 1 aliphatic rings. The first-order valence-electron chi connectivity index (χ1n) is 7.43. The number of benzene rings is 1. The lowest BCUT2D eigenvalue weighted by Gasteiger charge is -2.41. The summed E-state index contributed by atoms with van der Waals surface area (Å²) in [6.45, 7) is 0.239. The Labute approximate surface area is 133 Å². The van der Waals surface area contributed by atoms with Crippen molar-refractivity contribution in [1.82, 2.24) is 5.32 Å². The summed E-state index contributed by atoms with van der Waals surface area (Å²) >= 11 is 0. The molecule has 1 aromatic carbocycles. The maximum atomic E-state index is 13.8. The first-order chi connectivity index (χ1) is 10.9. The standard InChI is InChI=1S/C17H19F2NO3/c1-2-12-23-14-6-4-13(5-7-14)8-11-20-15(21)17(18,19)16(22)9-3-10-16/h1,4-7,22H,3,8-12H2,(H,20,21). The molecule has 0 spiro atoms. The lowest BCUT2D eigenvalue weighted by atomic mass is 9.75. The van der Waals surface area contributed by atoms with Gasteiger partial charge in [-0.3, -0.25) is 4.79 Å². The van der Waals surface area contributed by atoms with E-state index < -0.39 is 17.4 Å². The van der Waals surface area contributed by atoms with Crippen molar-refractivity contribution < 1.29 is 23.4 Å². The molecule has 0 radical (unpaired) electrons. The Morgan fingerprint density at radius 3 is 2.57 bits per heavy atom. The Hall–Kier alpha value is -2.13. The minimum Gasteiger partial charge on any atom is -0.481 e. The van der Waals surface area contributed by atoms with Gasteiger partial charge in [-0.05, 0) is 43.4 Å². The van der Waals surface area contributed by atoms with Crippen molar-refractivity contribution in [2.45, 2.75) is 37.2 Å². The maximum absolute atomic E-state index is 13.8. The highest BCUT2D eigenvalue weighted by Crippen LogP contribution is 2.44. The van der Waals surface area contributed by atoms with Crippen LogP contribution in [0.4, 0.5) is 8.78 Å². The number of amides is 1. The van der Waals surface area contributed by atoms with Crippen LogP contribution in [0.25, 0.3) is 0 Å². The molecule has 4 nitrogen and oxygen atoms in total. The fourth-order valence-electron chi connectivity index (χ4n) is 2.35. The van der Waals surface area contributed by atoms with Crippen molar-refractivity contribution in [2.24, 2.45) is 0 Å². The molecule has 23 heavy (non-hydrogen) atoms. The van der Waals surface area contributed by atoms with Crippen molar-refractivity contribution in [3.05, 3.63) is 29.8 Å². The third-order valence-corrected chi connectivity index (χ3v) is 4.00. The molecule has 0 atom stereocenters. The minimum atomic E-state index is -3.75. The summed E-state index contributed by atoms with van der Waals surface area (Å²) in [6.07, 6.45) is 5.89. The molecule has 0 aromatic heterocycles. The Morgan fingerprint density at radius 1 is 1.39 bits per heavy atom. The molecule has 0 unspecified atom stereocenters. The number of hydrogen-bond acceptors (Lipinski definition) is 3. The Morgan fingerprint density at radius 2 is 2.04 bits per heavy atom. The molecule has 2 rings (SSSR count). The molecule has 0 aliphatic heterocycles. The fraction of sp³-hybridized carbons (Fsp3) is 0.471. The van der Waals surface area contributed by atoms with E-state index in [0.29, 0.717) is 18.6 Å². The largest absolute Gasteiger partial charge is 0.481 e. The van der Waals surface area contributed by atoms with Crippen molar-refractivity contribution >= 4 is 5.91 Å². The van der Waals surface area contributed by atoms with Crippen LogP contribution < -0.4 is 10.1 Å². The predicted octanol–water partition coefficient (Wildman–Crippen LogP) is 1.91. The van der Waals surface area contributed by atoms with Gasteiger partial charge in [0.2, 0.25) is 0 Å². The lowest BCUT2D eigenvalue weighted by molar-refractivity contribution is -0.215. The van der Waals surface area contributed by atoms with Gasteiger partial charge in [0.15, 0.2) is 0 Å². The third-order valence-electron chi connectivity index (χ3n) is 4.00. The molecule has 0 heterocycles. The summed E-state index contributed by atoms with van der Waals surface area (Å²) in [7, 11) is 0. The van der Waals surface area contributed by atoms with Gasteiger partial charge in [0, 0.05) is 6.54 Å². The molecule has 1 amide bonds. The van der Waals surface area contributed by atoms with Crippen molar-refractivity contribution in [1.29, 1.82) is 0 Å². The van der Waals surface area contributed by atoms with E-state index in [0.717, 1.165) is 5.56 Å². The van der Waals surface area contributed by atoms with Crippen molar-refractivity contribution in [2.75, 3.05) is 13.2 Å². The number of alkyl halides is 2. The molecular formula is C17H19F2NO3. The molecule has 0 bridgehead atoms. The van der Waals surface area contributed by atoms with Crippen LogP contribution >= 0.6 is 0 Å². The monoisotopic (exact) mass is 323 g/mol. The topological polar surface area (TPSA) is 58.6 Å². The van der Waals surface area contributed by atoms with Crippen molar-refractivity contribution in [3.8, 4) is 18.1 Å². The quantitative estimate of drug-likeness (QED) is 0.754. The normalized spacial score (nSPS) is 16.1. The average molecular weight is 323 g/mol. The average Bonchev–Trinajstić information content (AvgIpc) is 2.51. The number of nitrogens with one attached hydrogen (secondary N) is 1.